The predicted octanol–water partition coefficient (Wildman–Crippen LogP) is 4.33. The quantitative estimate of drug-likeness (QED) is 0.0624. The van der Waals surface area contributed by atoms with Crippen molar-refractivity contribution in [1.29, 1.82) is 0 Å². The van der Waals surface area contributed by atoms with E-state index in [9.17, 15) is 39.3 Å². The lowest BCUT2D eigenvalue weighted by atomic mass is 9.44. The molecule has 4 aliphatic rings. The highest BCUT2D eigenvalue weighted by Crippen LogP contribution is 2.64. The predicted molar refractivity (Wildman–Crippen MR) is 232 cm³/mol. The Bertz CT molecular complexity index is 2350. The number of carbonyl (C=O) groups excluding carboxylic acids is 6. The Balaban J connectivity index is 0.00000227. The summed E-state index contributed by atoms with van der Waals surface area (Å²) in [5.41, 5.74) is -7.02. The van der Waals surface area contributed by atoms with Gasteiger partial charge in [0.25, 0.3) is 5.91 Å². The summed E-state index contributed by atoms with van der Waals surface area (Å²) in [6, 6.07) is 22.9. The zero-order valence-corrected chi connectivity index (χ0v) is 37.4. The molecule has 1 saturated heterocycles. The molecule has 0 spiro atoms. The molecular formula is C47H52N2O15S. The minimum absolute atomic E-state index is 0.00289. The summed E-state index contributed by atoms with van der Waals surface area (Å²) in [6.07, 6.45) is -10.5. The summed E-state index contributed by atoms with van der Waals surface area (Å²) in [6.45, 7) is 7.97. The van der Waals surface area contributed by atoms with Crippen LogP contribution in [-0.2, 0) is 42.9 Å². The summed E-state index contributed by atoms with van der Waals surface area (Å²) in [5.74, 6) is -6.84. The maximum Gasteiger partial charge on any atom is 0.338 e. The molecule has 3 aromatic carbocycles. The zero-order chi connectivity index (χ0) is 47.6. The standard InChI is InChI=1S/C47H51NO14.HNOS/c1-25-31(60-43(56)36(52)35(28-16-10-7-11-17-28)48-41(54)29-18-12-8-13-19-29)23-47(57)40(61-42(55)30-20-14-9-15-21-30)38-45(6,32(51)22-33-46(38,24-58-33)62-27(3)50)39(53)37(59-26(2)49)34(25)44(47,4)5;2-1-3/h7-21,31-33,35-38,40,51-52,57H,22-24H2,1-6H3,(H,48,54);(H,2,3)/t31-,32-,33+,35-,36+,37+,38-,40-,45+,46-,47+;/m0./s1. The SMILES string of the molecule is CC(=O)O[C@H]1C(=O)[C@@]2(C)[C@H]([C@H](OC(=O)c3ccccc3)[C@]3(O)C[C@H](OC(=O)[C@H](O)[C@@H](NC(=O)c4ccccc4)c4ccccc4)C(C)=C1C3(C)C)[C@]1(OC(C)=O)CO[C@@H]1C[C@@H]2O.O=NS. The molecule has 65 heavy (non-hydrogen) atoms. The molecule has 4 N–H and O–H groups in total. The summed E-state index contributed by atoms with van der Waals surface area (Å²) in [4.78, 5) is 91.9. The average molecular weight is 917 g/mol. The first-order valence-corrected chi connectivity index (χ1v) is 21.3. The number of esters is 4. The minimum atomic E-state index is -2.39. The van der Waals surface area contributed by atoms with Crippen LogP contribution in [0.1, 0.15) is 86.7 Å². The molecule has 11 atom stereocenters. The highest BCUT2D eigenvalue weighted by molar-refractivity contribution is 7.78. The first-order valence-electron chi connectivity index (χ1n) is 20.9. The third kappa shape index (κ3) is 8.72. The summed E-state index contributed by atoms with van der Waals surface area (Å²) < 4.78 is 32.2. The van der Waals surface area contributed by atoms with Crippen LogP contribution in [0.25, 0.3) is 0 Å². The van der Waals surface area contributed by atoms with Gasteiger partial charge in [-0.25, -0.2) is 9.59 Å². The highest BCUT2D eigenvalue weighted by atomic mass is 32.1. The van der Waals surface area contributed by atoms with Gasteiger partial charge in [-0.3, -0.25) is 19.2 Å². The van der Waals surface area contributed by atoms with E-state index in [0.29, 0.717) is 5.56 Å². The number of hydrogen-bond donors (Lipinski definition) is 5. The molecule has 1 aliphatic heterocycles. The molecule has 0 unspecified atom stereocenters. The smallest absolute Gasteiger partial charge is 0.338 e. The fourth-order valence-electron chi connectivity index (χ4n) is 10.2. The molecule has 7 rings (SSSR count). The largest absolute Gasteiger partial charge is 0.456 e. The second-order valence-corrected chi connectivity index (χ2v) is 17.6. The fraction of sp³-hybridized carbons (Fsp3) is 0.447. The number of aliphatic hydroxyl groups excluding tert-OH is 2. The topological polar surface area (TPSA) is 251 Å². The van der Waals surface area contributed by atoms with Crippen molar-refractivity contribution in [3.63, 3.8) is 0 Å². The van der Waals surface area contributed by atoms with Gasteiger partial charge >= 0.3 is 23.9 Å². The van der Waals surface area contributed by atoms with Gasteiger partial charge < -0.3 is 44.3 Å². The second-order valence-electron chi connectivity index (χ2n) is 17.4. The van der Waals surface area contributed by atoms with Crippen LogP contribution in [0, 0.1) is 21.7 Å². The van der Waals surface area contributed by atoms with E-state index in [0.717, 1.165) is 13.8 Å². The number of ketones is 1. The van der Waals surface area contributed by atoms with Gasteiger partial charge in [-0.2, -0.15) is 0 Å². The lowest BCUT2D eigenvalue weighted by molar-refractivity contribution is -0.346. The number of amides is 1. The minimum Gasteiger partial charge on any atom is -0.456 e. The third-order valence-corrected chi connectivity index (χ3v) is 13.5. The highest BCUT2D eigenvalue weighted by Gasteiger charge is 2.78. The first-order chi connectivity index (χ1) is 30.7. The summed E-state index contributed by atoms with van der Waals surface area (Å²) >= 11 is 2.86. The lowest BCUT2D eigenvalue weighted by Gasteiger charge is -2.67. The van der Waals surface area contributed by atoms with Crippen molar-refractivity contribution in [1.82, 2.24) is 5.32 Å². The molecule has 3 fully saturated rings. The third-order valence-electron chi connectivity index (χ3n) is 13.5. The number of carbonyl (C=O) groups is 6. The van der Waals surface area contributed by atoms with E-state index in [4.69, 9.17) is 28.6 Å². The van der Waals surface area contributed by atoms with Crippen LogP contribution in [-0.4, -0.2) is 105 Å². The summed E-state index contributed by atoms with van der Waals surface area (Å²) in [7, 11) is 0. The number of aliphatic hydroxyl groups is 3. The van der Waals surface area contributed by atoms with Crippen LogP contribution in [0.15, 0.2) is 107 Å². The van der Waals surface area contributed by atoms with Crippen LogP contribution < -0.4 is 5.32 Å². The number of Topliss-reactive ketones (excluding diaryl/α,β-unsaturated/α-hetero) is 1. The van der Waals surface area contributed by atoms with Gasteiger partial charge in [-0.15, -0.1) is 4.91 Å². The van der Waals surface area contributed by atoms with Crippen LogP contribution in [0.2, 0.25) is 0 Å². The molecule has 0 aromatic heterocycles. The normalized spacial score (nSPS) is 30.6. The summed E-state index contributed by atoms with van der Waals surface area (Å²) in [5, 5.41) is 40.2. The molecule has 1 heterocycles. The second kappa shape index (κ2) is 19.0. The van der Waals surface area contributed by atoms with Crippen LogP contribution in [0.4, 0.5) is 0 Å². The lowest BCUT2D eigenvalue weighted by Crippen LogP contribution is -2.82. The molecule has 346 valence electrons. The van der Waals surface area contributed by atoms with E-state index >= 15 is 4.79 Å². The molecule has 3 aromatic rings. The molecule has 17 nitrogen and oxygen atoms in total. The number of benzene rings is 3. The van der Waals surface area contributed by atoms with Gasteiger partial charge in [0.2, 0.25) is 0 Å². The molecule has 2 bridgehead atoms. The number of fused-ring (bicyclic) bond motifs is 5. The van der Waals surface area contributed by atoms with E-state index in [1.165, 1.54) is 26.0 Å². The number of nitrogens with zero attached hydrogens (tertiary/aromatic N) is 1. The number of ether oxygens (including phenoxy) is 5. The van der Waals surface area contributed by atoms with E-state index in [1.807, 2.05) is 4.58 Å². The van der Waals surface area contributed by atoms with Gasteiger partial charge in [0.1, 0.15) is 23.9 Å². The van der Waals surface area contributed by atoms with Gasteiger partial charge in [-0.1, -0.05) is 80.6 Å². The average Bonchev–Trinajstić information content (AvgIpc) is 3.27. The Morgan fingerprint density at radius 2 is 1.42 bits per heavy atom. The van der Waals surface area contributed by atoms with Crippen molar-refractivity contribution in [2.75, 3.05) is 6.61 Å². The van der Waals surface area contributed by atoms with Crippen molar-refractivity contribution in [2.24, 2.45) is 21.3 Å². The van der Waals surface area contributed by atoms with E-state index < -0.39 is 113 Å². The Hall–Kier alpha value is -5.79. The number of thiol groups is 1. The van der Waals surface area contributed by atoms with E-state index in [-0.39, 0.29) is 35.3 Å². The van der Waals surface area contributed by atoms with Crippen molar-refractivity contribution < 1.29 is 67.8 Å². The first kappa shape index (κ1) is 48.7. The van der Waals surface area contributed by atoms with Crippen molar-refractivity contribution in [3.05, 3.63) is 124 Å². The maximum atomic E-state index is 15.5. The molecule has 18 heteroatoms. The molecule has 3 aliphatic carbocycles. The van der Waals surface area contributed by atoms with Crippen molar-refractivity contribution in [3.8, 4) is 0 Å². The Labute approximate surface area is 380 Å². The van der Waals surface area contributed by atoms with Gasteiger partial charge in [0.15, 0.2) is 23.6 Å². The Morgan fingerprint density at radius 1 is 0.862 bits per heavy atom. The molecule has 2 saturated carbocycles. The van der Waals surface area contributed by atoms with Crippen LogP contribution >= 0.6 is 12.8 Å². The van der Waals surface area contributed by atoms with E-state index in [1.54, 1.807) is 92.7 Å². The van der Waals surface area contributed by atoms with Crippen LogP contribution in [0.3, 0.4) is 0 Å². The maximum absolute atomic E-state index is 15.5. The number of hydrogen-bond acceptors (Lipinski definition) is 16. The van der Waals surface area contributed by atoms with Crippen LogP contribution in [0.5, 0.6) is 0 Å². The van der Waals surface area contributed by atoms with Crippen molar-refractivity contribution in [2.45, 2.75) is 108 Å². The fourth-order valence-corrected chi connectivity index (χ4v) is 10.2. The molecule has 0 radical (unpaired) electrons. The van der Waals surface area contributed by atoms with Gasteiger partial charge in [0.05, 0.1) is 35.6 Å². The number of nitroso groups, excluding NO2 is 1. The molecular weight excluding hydrogens is 865 g/mol. The van der Waals surface area contributed by atoms with E-state index in [2.05, 4.69) is 18.1 Å². The molecule has 1 amide bonds. The zero-order valence-electron chi connectivity index (χ0n) is 36.5. The number of nitrogens with one attached hydrogen (secondary N) is 1. The Morgan fingerprint density at radius 3 is 1.94 bits per heavy atom. The van der Waals surface area contributed by atoms with Crippen molar-refractivity contribution >= 4 is 48.4 Å². The van der Waals surface area contributed by atoms with Gasteiger partial charge in [0, 0.05) is 55.1 Å². The Kier molecular flexibility index (Phi) is 14.2. The number of rotatable bonds is 10. The monoisotopic (exact) mass is 916 g/mol. The van der Waals surface area contributed by atoms with Gasteiger partial charge in [-0.05, 0) is 54.8 Å².